The van der Waals surface area contributed by atoms with Crippen LogP contribution in [-0.2, 0) is 0 Å². The molecule has 1 heterocycles. The van der Waals surface area contributed by atoms with Gasteiger partial charge in [0.1, 0.15) is 0 Å². The fraction of sp³-hybridized carbons (Fsp3) is 1.00. The van der Waals surface area contributed by atoms with Gasteiger partial charge in [-0.25, -0.2) is 0 Å². The molecule has 1 unspecified atom stereocenters. The Kier molecular flexibility index (Phi) is 2.89. The van der Waals surface area contributed by atoms with Crippen molar-refractivity contribution in [3.63, 3.8) is 0 Å². The van der Waals surface area contributed by atoms with Crippen molar-refractivity contribution in [1.82, 2.24) is 4.90 Å². The number of hydrogen-bond donors (Lipinski definition) is 1. The van der Waals surface area contributed by atoms with Crippen LogP contribution in [0.4, 0.5) is 0 Å². The van der Waals surface area contributed by atoms with Crippen LogP contribution in [0, 0.1) is 11.3 Å². The number of nitrogens with zero attached hydrogens (tertiary/aromatic N) is 1. The lowest BCUT2D eigenvalue weighted by atomic mass is 10.1. The summed E-state index contributed by atoms with van der Waals surface area (Å²) in [5, 5.41) is 0. The summed E-state index contributed by atoms with van der Waals surface area (Å²) >= 11 is 4.46. The fourth-order valence-electron chi connectivity index (χ4n) is 2.41. The first-order valence-electron chi connectivity index (χ1n) is 5.61. The van der Waals surface area contributed by atoms with Gasteiger partial charge in [-0.1, -0.05) is 13.3 Å². The smallest absolute Gasteiger partial charge is 0.00459 e. The summed E-state index contributed by atoms with van der Waals surface area (Å²) in [7, 11) is 0. The summed E-state index contributed by atoms with van der Waals surface area (Å²) in [6, 6.07) is 0. The molecule has 1 nitrogen and oxygen atoms in total. The molecule has 1 aliphatic heterocycles. The van der Waals surface area contributed by atoms with Gasteiger partial charge in [0, 0.05) is 13.1 Å². The van der Waals surface area contributed by atoms with Gasteiger partial charge in [-0.15, -0.1) is 0 Å². The lowest BCUT2D eigenvalue weighted by Crippen LogP contribution is -2.29. The molecule has 2 aliphatic rings. The van der Waals surface area contributed by atoms with Crippen LogP contribution in [0.2, 0.25) is 0 Å². The molecule has 0 aromatic carbocycles. The summed E-state index contributed by atoms with van der Waals surface area (Å²) in [4.78, 5) is 2.66. The molecule has 0 aromatic rings. The van der Waals surface area contributed by atoms with Gasteiger partial charge in [-0.05, 0) is 42.9 Å². The zero-order valence-corrected chi connectivity index (χ0v) is 9.52. The minimum absolute atomic E-state index is 0.631. The molecule has 0 spiro atoms. The maximum atomic E-state index is 4.46. The monoisotopic (exact) mass is 199 g/mol. The number of likely N-dealkylation sites (tertiary alicyclic amines) is 1. The quantitative estimate of drug-likeness (QED) is 0.681. The van der Waals surface area contributed by atoms with Crippen molar-refractivity contribution in [3.05, 3.63) is 0 Å². The predicted octanol–water partition coefficient (Wildman–Crippen LogP) is 2.43. The first kappa shape index (κ1) is 9.85. The molecule has 1 saturated carbocycles. The molecule has 76 valence electrons. The van der Waals surface area contributed by atoms with Crippen molar-refractivity contribution in [1.29, 1.82) is 0 Å². The summed E-state index contributed by atoms with van der Waals surface area (Å²) in [5.74, 6) is 2.08. The third kappa shape index (κ3) is 2.21. The first-order chi connectivity index (χ1) is 6.28. The molecule has 1 atom stereocenters. The molecule has 0 radical (unpaired) electrons. The van der Waals surface area contributed by atoms with E-state index in [0.717, 1.165) is 11.7 Å². The van der Waals surface area contributed by atoms with Gasteiger partial charge >= 0.3 is 0 Å². The number of rotatable bonds is 4. The average Bonchev–Trinajstić information content (AvgIpc) is 2.77. The average molecular weight is 199 g/mol. The SMILES string of the molecule is CCC1CCN(CC2(CS)CC2)C1. The van der Waals surface area contributed by atoms with Gasteiger partial charge in [0.05, 0.1) is 0 Å². The maximum Gasteiger partial charge on any atom is 0.00459 e. The van der Waals surface area contributed by atoms with E-state index in [1.807, 2.05) is 0 Å². The topological polar surface area (TPSA) is 3.24 Å². The second-order valence-corrected chi connectivity index (χ2v) is 5.27. The highest BCUT2D eigenvalue weighted by Gasteiger charge is 2.43. The zero-order valence-electron chi connectivity index (χ0n) is 8.63. The van der Waals surface area contributed by atoms with E-state index in [2.05, 4.69) is 24.5 Å². The van der Waals surface area contributed by atoms with Crippen LogP contribution in [0.15, 0.2) is 0 Å². The van der Waals surface area contributed by atoms with Crippen molar-refractivity contribution >= 4 is 12.6 Å². The first-order valence-corrected chi connectivity index (χ1v) is 6.24. The van der Waals surface area contributed by atoms with Gasteiger partial charge in [-0.3, -0.25) is 0 Å². The van der Waals surface area contributed by atoms with Crippen molar-refractivity contribution in [2.45, 2.75) is 32.6 Å². The molecule has 0 amide bonds. The summed E-state index contributed by atoms with van der Waals surface area (Å²) in [6.45, 7) is 6.34. The normalized spacial score (nSPS) is 32.3. The van der Waals surface area contributed by atoms with Crippen molar-refractivity contribution in [3.8, 4) is 0 Å². The minimum atomic E-state index is 0.631. The lowest BCUT2D eigenvalue weighted by Gasteiger charge is -2.21. The van der Waals surface area contributed by atoms with Crippen LogP contribution in [0.1, 0.15) is 32.6 Å². The second-order valence-electron chi connectivity index (χ2n) is 4.96. The van der Waals surface area contributed by atoms with Crippen LogP contribution in [0.3, 0.4) is 0 Å². The third-order valence-corrected chi connectivity index (χ3v) is 4.47. The summed E-state index contributed by atoms with van der Waals surface area (Å²) in [5.41, 5.74) is 0.631. The van der Waals surface area contributed by atoms with E-state index < -0.39 is 0 Å². The highest BCUT2D eigenvalue weighted by molar-refractivity contribution is 7.80. The molecular weight excluding hydrogens is 178 g/mol. The Hall–Kier alpha value is 0.310. The van der Waals surface area contributed by atoms with Crippen LogP contribution >= 0.6 is 12.6 Å². The Morgan fingerprint density at radius 3 is 2.69 bits per heavy atom. The molecule has 2 fully saturated rings. The summed E-state index contributed by atoms with van der Waals surface area (Å²) < 4.78 is 0. The van der Waals surface area contributed by atoms with Crippen molar-refractivity contribution in [2.75, 3.05) is 25.4 Å². The Bertz CT molecular complexity index is 177. The van der Waals surface area contributed by atoms with Gasteiger partial charge in [0.25, 0.3) is 0 Å². The highest BCUT2D eigenvalue weighted by atomic mass is 32.1. The molecule has 1 saturated heterocycles. The van der Waals surface area contributed by atoms with Crippen LogP contribution in [0.25, 0.3) is 0 Å². The summed E-state index contributed by atoms with van der Waals surface area (Å²) in [6.07, 6.45) is 5.64. The van der Waals surface area contributed by atoms with E-state index in [1.165, 1.54) is 45.3 Å². The molecule has 2 rings (SSSR count). The minimum Gasteiger partial charge on any atom is -0.302 e. The second kappa shape index (κ2) is 3.82. The molecule has 0 aromatic heterocycles. The number of thiol groups is 1. The van der Waals surface area contributed by atoms with Crippen LogP contribution < -0.4 is 0 Å². The molecular formula is C11H21NS. The Balaban J connectivity index is 1.77. The Labute approximate surface area is 87.3 Å². The van der Waals surface area contributed by atoms with E-state index in [9.17, 15) is 0 Å². The van der Waals surface area contributed by atoms with E-state index in [4.69, 9.17) is 0 Å². The van der Waals surface area contributed by atoms with Gasteiger partial charge in [-0.2, -0.15) is 12.6 Å². The molecule has 0 bridgehead atoms. The number of hydrogen-bond acceptors (Lipinski definition) is 2. The van der Waals surface area contributed by atoms with Crippen molar-refractivity contribution in [2.24, 2.45) is 11.3 Å². The molecule has 0 N–H and O–H groups in total. The predicted molar refractivity (Wildman–Crippen MR) is 60.4 cm³/mol. The lowest BCUT2D eigenvalue weighted by molar-refractivity contribution is 0.269. The van der Waals surface area contributed by atoms with Crippen LogP contribution in [-0.4, -0.2) is 30.3 Å². The van der Waals surface area contributed by atoms with E-state index in [0.29, 0.717) is 5.41 Å². The van der Waals surface area contributed by atoms with Crippen molar-refractivity contribution < 1.29 is 0 Å². The zero-order chi connectivity index (χ0) is 9.31. The molecule has 13 heavy (non-hydrogen) atoms. The van der Waals surface area contributed by atoms with Gasteiger partial charge in [0.2, 0.25) is 0 Å². The maximum absolute atomic E-state index is 4.46. The van der Waals surface area contributed by atoms with Crippen LogP contribution in [0.5, 0.6) is 0 Å². The van der Waals surface area contributed by atoms with E-state index in [1.54, 1.807) is 0 Å². The highest BCUT2D eigenvalue weighted by Crippen LogP contribution is 2.47. The van der Waals surface area contributed by atoms with E-state index in [-0.39, 0.29) is 0 Å². The fourth-order valence-corrected chi connectivity index (χ4v) is 2.82. The Morgan fingerprint density at radius 1 is 1.46 bits per heavy atom. The standard InChI is InChI=1S/C11H21NS/c1-2-10-3-6-12(7-10)8-11(9-13)4-5-11/h10,13H,2-9H2,1H3. The molecule has 2 heteroatoms. The van der Waals surface area contributed by atoms with E-state index >= 15 is 0 Å². The largest absolute Gasteiger partial charge is 0.302 e. The Morgan fingerprint density at radius 2 is 2.23 bits per heavy atom. The third-order valence-electron chi connectivity index (χ3n) is 3.80. The molecule has 1 aliphatic carbocycles. The van der Waals surface area contributed by atoms with Gasteiger partial charge in [0.15, 0.2) is 0 Å². The van der Waals surface area contributed by atoms with Gasteiger partial charge < -0.3 is 4.90 Å².